The Kier molecular flexibility index (Phi) is 3.94. The number of rotatable bonds is 3. The van der Waals surface area contributed by atoms with E-state index < -0.39 is 0 Å². The van der Waals surface area contributed by atoms with Crippen LogP contribution >= 0.6 is 0 Å². The first-order chi connectivity index (χ1) is 8.18. The molecule has 1 saturated carbocycles. The summed E-state index contributed by atoms with van der Waals surface area (Å²) in [5.41, 5.74) is 7.08. The van der Waals surface area contributed by atoms with Crippen LogP contribution in [0.15, 0.2) is 12.1 Å². The summed E-state index contributed by atoms with van der Waals surface area (Å²) < 4.78 is 5.66. The predicted octanol–water partition coefficient (Wildman–Crippen LogP) is 2.22. The summed E-state index contributed by atoms with van der Waals surface area (Å²) in [6, 6.07) is 3.75. The third-order valence-electron chi connectivity index (χ3n) is 3.38. The van der Waals surface area contributed by atoms with Crippen molar-refractivity contribution in [1.82, 2.24) is 10.2 Å². The normalized spacial score (nSPS) is 19.6. The topological polar surface area (TPSA) is 61.0 Å². The van der Waals surface area contributed by atoms with Crippen LogP contribution in [-0.2, 0) is 0 Å². The molecule has 0 unspecified atom stereocenters. The van der Waals surface area contributed by atoms with E-state index in [2.05, 4.69) is 10.2 Å². The lowest BCUT2D eigenvalue weighted by Crippen LogP contribution is -2.45. The number of hydrogen-bond acceptors (Lipinski definition) is 4. The van der Waals surface area contributed by atoms with Gasteiger partial charge in [0.05, 0.1) is 11.2 Å². The molecule has 0 spiro atoms. The highest BCUT2D eigenvalue weighted by Crippen LogP contribution is 2.25. The van der Waals surface area contributed by atoms with E-state index in [4.69, 9.17) is 10.5 Å². The zero-order chi connectivity index (χ0) is 12.1. The maximum Gasteiger partial charge on any atom is 0.233 e. The lowest BCUT2D eigenvalue weighted by molar-refractivity contribution is 0.192. The highest BCUT2D eigenvalue weighted by atomic mass is 16.5. The quantitative estimate of drug-likeness (QED) is 0.816. The third kappa shape index (κ3) is 3.66. The van der Waals surface area contributed by atoms with Gasteiger partial charge >= 0.3 is 0 Å². The minimum absolute atomic E-state index is 0.178. The van der Waals surface area contributed by atoms with Crippen molar-refractivity contribution in [3.8, 4) is 5.88 Å². The van der Waals surface area contributed by atoms with Crippen molar-refractivity contribution in [2.45, 2.75) is 51.0 Å². The Hall–Kier alpha value is -1.16. The van der Waals surface area contributed by atoms with Crippen LogP contribution in [0.25, 0.3) is 0 Å². The second-order valence-corrected chi connectivity index (χ2v) is 5.08. The Bertz CT molecular complexity index is 342. The highest BCUT2D eigenvalue weighted by molar-refractivity contribution is 5.10. The fraction of sp³-hybridized carbons (Fsp3) is 0.692. The molecule has 0 aromatic carbocycles. The number of hydrogen-bond donors (Lipinski definition) is 1. The van der Waals surface area contributed by atoms with Gasteiger partial charge < -0.3 is 10.5 Å². The molecule has 0 amide bonds. The van der Waals surface area contributed by atoms with E-state index in [1.165, 1.54) is 25.7 Å². The van der Waals surface area contributed by atoms with E-state index in [9.17, 15) is 0 Å². The van der Waals surface area contributed by atoms with Gasteiger partial charge in [0.25, 0.3) is 0 Å². The van der Waals surface area contributed by atoms with Crippen molar-refractivity contribution in [1.29, 1.82) is 0 Å². The lowest BCUT2D eigenvalue weighted by atomic mass is 9.93. The molecule has 17 heavy (non-hydrogen) atoms. The maximum absolute atomic E-state index is 6.36. The van der Waals surface area contributed by atoms with Gasteiger partial charge in [-0.1, -0.05) is 25.7 Å². The highest BCUT2D eigenvalue weighted by Gasteiger charge is 2.27. The molecule has 0 radical (unpaired) electrons. The molecule has 1 aromatic heterocycles. The monoisotopic (exact) mass is 235 g/mol. The van der Waals surface area contributed by atoms with E-state index in [1.807, 2.05) is 19.1 Å². The van der Waals surface area contributed by atoms with Gasteiger partial charge in [-0.15, -0.1) is 5.10 Å². The molecule has 2 N–H and O–H groups in total. The van der Waals surface area contributed by atoms with Crippen LogP contribution < -0.4 is 10.5 Å². The van der Waals surface area contributed by atoms with Gasteiger partial charge in [-0.3, -0.25) is 0 Å². The van der Waals surface area contributed by atoms with Gasteiger partial charge in [-0.2, -0.15) is 5.10 Å². The summed E-state index contributed by atoms with van der Waals surface area (Å²) in [4.78, 5) is 0. The Morgan fingerprint density at radius 3 is 2.47 bits per heavy atom. The zero-order valence-corrected chi connectivity index (χ0v) is 10.5. The molecule has 1 heterocycles. The van der Waals surface area contributed by atoms with Crippen LogP contribution in [0.3, 0.4) is 0 Å². The van der Waals surface area contributed by atoms with Crippen LogP contribution in [0, 0.1) is 6.92 Å². The Balaban J connectivity index is 1.89. The summed E-state index contributed by atoms with van der Waals surface area (Å²) in [6.07, 6.45) is 7.10. The van der Waals surface area contributed by atoms with Crippen LogP contribution in [0.5, 0.6) is 5.88 Å². The average molecular weight is 235 g/mol. The molecule has 2 rings (SSSR count). The maximum atomic E-state index is 6.36. The van der Waals surface area contributed by atoms with Gasteiger partial charge in [0.15, 0.2) is 0 Å². The first-order valence-corrected chi connectivity index (χ1v) is 6.40. The van der Waals surface area contributed by atoms with E-state index in [0.29, 0.717) is 12.5 Å². The first-order valence-electron chi connectivity index (χ1n) is 6.40. The molecule has 1 aromatic rings. The third-order valence-corrected chi connectivity index (χ3v) is 3.38. The van der Waals surface area contributed by atoms with Gasteiger partial charge in [0.1, 0.15) is 6.61 Å². The van der Waals surface area contributed by atoms with Crippen molar-refractivity contribution in [2.24, 2.45) is 5.73 Å². The average Bonchev–Trinajstić information content (AvgIpc) is 2.54. The van der Waals surface area contributed by atoms with Crippen LogP contribution in [0.1, 0.15) is 44.2 Å². The molecule has 4 nitrogen and oxygen atoms in total. The minimum atomic E-state index is -0.178. The molecule has 94 valence electrons. The van der Waals surface area contributed by atoms with Gasteiger partial charge in [-0.25, -0.2) is 0 Å². The van der Waals surface area contributed by atoms with Crippen molar-refractivity contribution in [3.63, 3.8) is 0 Å². The lowest BCUT2D eigenvalue weighted by Gasteiger charge is -2.27. The summed E-state index contributed by atoms with van der Waals surface area (Å²) in [7, 11) is 0. The predicted molar refractivity (Wildman–Crippen MR) is 66.9 cm³/mol. The molecule has 0 aliphatic heterocycles. The number of nitrogens with two attached hydrogens (primary N) is 1. The van der Waals surface area contributed by atoms with Crippen LogP contribution in [-0.4, -0.2) is 22.3 Å². The van der Waals surface area contributed by atoms with Crippen molar-refractivity contribution >= 4 is 0 Å². The smallest absolute Gasteiger partial charge is 0.233 e. The molecule has 1 aliphatic carbocycles. The van der Waals surface area contributed by atoms with Gasteiger partial charge in [-0.05, 0) is 25.8 Å². The van der Waals surface area contributed by atoms with E-state index in [1.54, 1.807) is 0 Å². The first kappa shape index (κ1) is 12.3. The summed E-state index contributed by atoms with van der Waals surface area (Å²) in [5.74, 6) is 0.574. The molecule has 1 aliphatic rings. The second-order valence-electron chi connectivity index (χ2n) is 5.08. The summed E-state index contributed by atoms with van der Waals surface area (Å²) in [5, 5.41) is 7.96. The zero-order valence-electron chi connectivity index (χ0n) is 10.5. The van der Waals surface area contributed by atoms with Crippen molar-refractivity contribution in [2.75, 3.05) is 6.61 Å². The number of ether oxygens (including phenoxy) is 1. The second kappa shape index (κ2) is 5.45. The molecule has 1 fully saturated rings. The molecule has 4 heteroatoms. The Morgan fingerprint density at radius 1 is 1.18 bits per heavy atom. The van der Waals surface area contributed by atoms with Gasteiger partial charge in [0.2, 0.25) is 5.88 Å². The van der Waals surface area contributed by atoms with Gasteiger partial charge in [0, 0.05) is 6.07 Å². The molecule has 0 saturated heterocycles. The molecule has 0 atom stereocenters. The molecular formula is C13H21N3O. The van der Waals surface area contributed by atoms with Crippen LogP contribution in [0.4, 0.5) is 0 Å². The Labute approximate surface area is 103 Å². The summed E-state index contributed by atoms with van der Waals surface area (Å²) in [6.45, 7) is 2.46. The fourth-order valence-corrected chi connectivity index (χ4v) is 2.26. The largest absolute Gasteiger partial charge is 0.475 e. The summed E-state index contributed by atoms with van der Waals surface area (Å²) >= 11 is 0. The van der Waals surface area contributed by atoms with Crippen molar-refractivity contribution < 1.29 is 4.74 Å². The van der Waals surface area contributed by atoms with E-state index in [-0.39, 0.29) is 5.54 Å². The van der Waals surface area contributed by atoms with Crippen molar-refractivity contribution in [3.05, 3.63) is 17.8 Å². The fourth-order valence-electron chi connectivity index (χ4n) is 2.26. The number of aryl methyl sites for hydroxylation is 1. The minimum Gasteiger partial charge on any atom is -0.475 e. The molecular weight excluding hydrogens is 214 g/mol. The van der Waals surface area contributed by atoms with E-state index >= 15 is 0 Å². The SMILES string of the molecule is Cc1ccc(OCC2(N)CCCCCC2)nn1. The number of nitrogens with zero attached hydrogens (tertiary/aromatic N) is 2. The molecule has 0 bridgehead atoms. The van der Waals surface area contributed by atoms with Crippen LogP contribution in [0.2, 0.25) is 0 Å². The Morgan fingerprint density at radius 2 is 1.88 bits per heavy atom. The van der Waals surface area contributed by atoms with E-state index in [0.717, 1.165) is 18.5 Å². The number of aromatic nitrogens is 2. The standard InChI is InChI=1S/C13H21N3O/c1-11-6-7-12(16-15-11)17-10-13(14)8-4-2-3-5-9-13/h6-7H,2-5,8-10,14H2,1H3.